The number of carbonyl (C=O) groups excluding carboxylic acids is 1. The lowest BCUT2D eigenvalue weighted by atomic mass is 9.98. The Morgan fingerprint density at radius 1 is 1.10 bits per heavy atom. The van der Waals surface area contributed by atoms with Crippen molar-refractivity contribution in [3.63, 3.8) is 0 Å². The second-order valence-electron chi connectivity index (χ2n) is 7.62. The molecule has 1 aromatic carbocycles. The Morgan fingerprint density at radius 2 is 1.76 bits per heavy atom. The second kappa shape index (κ2) is 12.9. The molecule has 164 valence electrons. The molecule has 0 saturated carbocycles. The molecular formula is C22H36N2O5. The van der Waals surface area contributed by atoms with Gasteiger partial charge in [-0.05, 0) is 24.8 Å². The number of carbonyl (C=O) groups is 1. The minimum absolute atomic E-state index is 0.0370. The second-order valence-corrected chi connectivity index (χ2v) is 7.62. The summed E-state index contributed by atoms with van der Waals surface area (Å²) in [5, 5.41) is 10.4. The highest BCUT2D eigenvalue weighted by molar-refractivity contribution is 5.81. The fraction of sp³-hybridized carbons (Fsp3) is 0.682. The van der Waals surface area contributed by atoms with Gasteiger partial charge in [-0.15, -0.1) is 0 Å². The quantitative estimate of drug-likeness (QED) is 0.566. The molecule has 1 N–H and O–H groups in total. The lowest BCUT2D eigenvalue weighted by Gasteiger charge is -2.36. The molecule has 2 rings (SSSR count). The lowest BCUT2D eigenvalue weighted by Crippen LogP contribution is -2.49. The SMILES string of the molecule is COCCN(CCOC)CC[C@@H]1CC[C@H](O)[C@@H](C(=O)N(C)Cc2ccccc2)O1. The molecule has 1 amide bonds. The van der Waals surface area contributed by atoms with E-state index in [1.807, 2.05) is 30.3 Å². The van der Waals surface area contributed by atoms with Crippen LogP contribution >= 0.6 is 0 Å². The van der Waals surface area contributed by atoms with E-state index in [4.69, 9.17) is 14.2 Å². The summed E-state index contributed by atoms with van der Waals surface area (Å²) >= 11 is 0. The predicted molar refractivity (Wildman–Crippen MR) is 112 cm³/mol. The first-order valence-electron chi connectivity index (χ1n) is 10.4. The van der Waals surface area contributed by atoms with Crippen LogP contribution in [0.1, 0.15) is 24.8 Å². The maximum absolute atomic E-state index is 12.9. The van der Waals surface area contributed by atoms with Crippen molar-refractivity contribution in [3.05, 3.63) is 35.9 Å². The third-order valence-electron chi connectivity index (χ3n) is 5.35. The minimum Gasteiger partial charge on any atom is -0.390 e. The first-order valence-corrected chi connectivity index (χ1v) is 10.4. The monoisotopic (exact) mass is 408 g/mol. The number of likely N-dealkylation sites (N-methyl/N-ethyl adjacent to an activating group) is 1. The van der Waals surface area contributed by atoms with Gasteiger partial charge in [0.15, 0.2) is 6.10 Å². The summed E-state index contributed by atoms with van der Waals surface area (Å²) in [5.74, 6) is -0.165. The summed E-state index contributed by atoms with van der Waals surface area (Å²) in [4.78, 5) is 16.8. The molecule has 1 aliphatic rings. The van der Waals surface area contributed by atoms with Gasteiger partial charge in [-0.25, -0.2) is 0 Å². The maximum Gasteiger partial charge on any atom is 0.254 e. The normalized spacial score (nSPS) is 22.0. The van der Waals surface area contributed by atoms with Crippen LogP contribution in [0, 0.1) is 0 Å². The molecule has 1 aliphatic heterocycles. The molecular weight excluding hydrogens is 372 g/mol. The van der Waals surface area contributed by atoms with Gasteiger partial charge in [-0.1, -0.05) is 30.3 Å². The van der Waals surface area contributed by atoms with E-state index < -0.39 is 12.2 Å². The van der Waals surface area contributed by atoms with Crippen molar-refractivity contribution >= 4 is 5.91 Å². The van der Waals surface area contributed by atoms with Crippen molar-refractivity contribution in [1.29, 1.82) is 0 Å². The zero-order valence-electron chi connectivity index (χ0n) is 18.0. The third kappa shape index (κ3) is 8.03. The van der Waals surface area contributed by atoms with E-state index in [-0.39, 0.29) is 12.0 Å². The number of ether oxygens (including phenoxy) is 3. The number of aliphatic hydroxyl groups is 1. The topological polar surface area (TPSA) is 71.5 Å². The summed E-state index contributed by atoms with van der Waals surface area (Å²) in [6.45, 7) is 4.33. The fourth-order valence-corrected chi connectivity index (χ4v) is 3.56. The van der Waals surface area contributed by atoms with E-state index >= 15 is 0 Å². The molecule has 3 atom stereocenters. The molecule has 0 aliphatic carbocycles. The van der Waals surface area contributed by atoms with Gasteiger partial charge in [-0.2, -0.15) is 0 Å². The third-order valence-corrected chi connectivity index (χ3v) is 5.35. The fourth-order valence-electron chi connectivity index (χ4n) is 3.56. The predicted octanol–water partition coefficient (Wildman–Crippen LogP) is 1.54. The van der Waals surface area contributed by atoms with Crippen molar-refractivity contribution in [1.82, 2.24) is 9.80 Å². The molecule has 0 aromatic heterocycles. The van der Waals surface area contributed by atoms with Gasteiger partial charge in [0.1, 0.15) is 0 Å². The number of hydrogen-bond acceptors (Lipinski definition) is 6. The van der Waals surface area contributed by atoms with Crippen molar-refractivity contribution < 1.29 is 24.1 Å². The van der Waals surface area contributed by atoms with Crippen LogP contribution in [0.15, 0.2) is 30.3 Å². The number of rotatable bonds is 12. The van der Waals surface area contributed by atoms with Crippen LogP contribution in [0.25, 0.3) is 0 Å². The molecule has 0 bridgehead atoms. The number of amides is 1. The van der Waals surface area contributed by atoms with E-state index in [9.17, 15) is 9.90 Å². The largest absolute Gasteiger partial charge is 0.390 e. The van der Waals surface area contributed by atoms with Crippen molar-refractivity contribution in [2.24, 2.45) is 0 Å². The number of hydrogen-bond donors (Lipinski definition) is 1. The Kier molecular flexibility index (Phi) is 10.6. The molecule has 0 spiro atoms. The highest BCUT2D eigenvalue weighted by atomic mass is 16.5. The van der Waals surface area contributed by atoms with Crippen LogP contribution < -0.4 is 0 Å². The van der Waals surface area contributed by atoms with E-state index in [0.29, 0.717) is 26.2 Å². The van der Waals surface area contributed by atoms with Crippen molar-refractivity contribution in [2.75, 3.05) is 54.1 Å². The van der Waals surface area contributed by atoms with Crippen LogP contribution in [0.2, 0.25) is 0 Å². The molecule has 1 saturated heterocycles. The van der Waals surface area contributed by atoms with E-state index in [0.717, 1.165) is 38.0 Å². The van der Waals surface area contributed by atoms with Gasteiger partial charge in [0.25, 0.3) is 5.91 Å². The molecule has 29 heavy (non-hydrogen) atoms. The zero-order valence-corrected chi connectivity index (χ0v) is 18.0. The minimum atomic E-state index is -0.797. The highest BCUT2D eigenvalue weighted by Gasteiger charge is 2.36. The van der Waals surface area contributed by atoms with Crippen molar-refractivity contribution in [3.8, 4) is 0 Å². The maximum atomic E-state index is 12.9. The first-order chi connectivity index (χ1) is 14.0. The lowest BCUT2D eigenvalue weighted by molar-refractivity contribution is -0.167. The average molecular weight is 409 g/mol. The van der Waals surface area contributed by atoms with Gasteiger partial charge < -0.3 is 24.2 Å². The molecule has 0 radical (unpaired) electrons. The van der Waals surface area contributed by atoms with Gasteiger partial charge in [0, 0.05) is 47.4 Å². The average Bonchev–Trinajstić information content (AvgIpc) is 2.74. The van der Waals surface area contributed by atoms with E-state index in [2.05, 4.69) is 4.90 Å². The molecule has 1 fully saturated rings. The van der Waals surface area contributed by atoms with Gasteiger partial charge in [0.2, 0.25) is 0 Å². The van der Waals surface area contributed by atoms with Gasteiger partial charge >= 0.3 is 0 Å². The Labute approximate surface area is 174 Å². The Morgan fingerprint density at radius 3 is 2.38 bits per heavy atom. The Hall–Kier alpha value is -1.51. The molecule has 7 nitrogen and oxygen atoms in total. The summed E-state index contributed by atoms with van der Waals surface area (Å²) in [7, 11) is 5.15. The van der Waals surface area contributed by atoms with Crippen LogP contribution in [0.4, 0.5) is 0 Å². The molecule has 7 heteroatoms. The summed E-state index contributed by atoms with van der Waals surface area (Å²) in [6.07, 6.45) is 0.562. The molecule has 1 heterocycles. The highest BCUT2D eigenvalue weighted by Crippen LogP contribution is 2.24. The standard InChI is InChI=1S/C22H36N2O5/c1-23(17-18-7-5-4-6-8-18)22(26)21-20(25)10-9-19(29-21)11-12-24(13-15-27-2)14-16-28-3/h4-8,19-21,25H,9-17H2,1-3H3/t19-,20-,21-/m0/s1. The molecule has 0 unspecified atom stereocenters. The zero-order chi connectivity index (χ0) is 21.1. The van der Waals surface area contributed by atoms with Crippen LogP contribution in [-0.2, 0) is 25.5 Å². The summed E-state index contributed by atoms with van der Waals surface area (Å²) in [5.41, 5.74) is 1.05. The smallest absolute Gasteiger partial charge is 0.254 e. The number of benzene rings is 1. The van der Waals surface area contributed by atoms with Crippen molar-refractivity contribution in [2.45, 2.75) is 44.1 Å². The summed E-state index contributed by atoms with van der Waals surface area (Å²) < 4.78 is 16.4. The Bertz CT molecular complexity index is 578. The molecule has 1 aromatic rings. The van der Waals surface area contributed by atoms with E-state index in [1.165, 1.54) is 0 Å². The van der Waals surface area contributed by atoms with Crippen LogP contribution in [-0.4, -0.2) is 93.2 Å². The summed E-state index contributed by atoms with van der Waals surface area (Å²) in [6, 6.07) is 9.83. The number of aliphatic hydroxyl groups excluding tert-OH is 1. The van der Waals surface area contributed by atoms with E-state index in [1.54, 1.807) is 26.2 Å². The first kappa shape index (κ1) is 23.8. The number of nitrogens with zero attached hydrogens (tertiary/aromatic N) is 2. The number of methoxy groups -OCH3 is 2. The van der Waals surface area contributed by atoms with Crippen LogP contribution in [0.3, 0.4) is 0 Å². The van der Waals surface area contributed by atoms with Gasteiger partial charge in [0.05, 0.1) is 25.4 Å². The Balaban J connectivity index is 1.87. The van der Waals surface area contributed by atoms with Crippen LogP contribution in [0.5, 0.6) is 0 Å². The van der Waals surface area contributed by atoms with Gasteiger partial charge in [-0.3, -0.25) is 9.69 Å².